The van der Waals surface area contributed by atoms with Crippen LogP contribution in [0.3, 0.4) is 0 Å². The Morgan fingerprint density at radius 1 is 1.25 bits per heavy atom. The molecule has 0 spiro atoms. The lowest BCUT2D eigenvalue weighted by Gasteiger charge is -2.33. The van der Waals surface area contributed by atoms with Crippen LogP contribution in [0.25, 0.3) is 0 Å². The molecule has 1 aliphatic rings. The van der Waals surface area contributed by atoms with Crippen molar-refractivity contribution in [3.8, 4) is 0 Å². The van der Waals surface area contributed by atoms with Crippen molar-refractivity contribution < 1.29 is 14.3 Å². The molecule has 0 radical (unpaired) electrons. The van der Waals surface area contributed by atoms with Crippen LogP contribution in [0.4, 0.5) is 0 Å². The highest BCUT2D eigenvalue weighted by Crippen LogP contribution is 2.42. The zero-order valence-corrected chi connectivity index (χ0v) is 19.6. The van der Waals surface area contributed by atoms with E-state index >= 15 is 0 Å². The zero-order valence-electron chi connectivity index (χ0n) is 17.8. The van der Waals surface area contributed by atoms with Gasteiger partial charge in [0, 0.05) is 28.4 Å². The Morgan fingerprint density at radius 3 is 2.57 bits per heavy atom. The summed E-state index contributed by atoms with van der Waals surface area (Å²) in [5.74, 6) is -0.173. The molecule has 0 saturated heterocycles. The van der Waals surface area contributed by atoms with Gasteiger partial charge in [-0.1, -0.05) is 50.1 Å². The Morgan fingerprint density at radius 2 is 1.96 bits per heavy atom. The summed E-state index contributed by atoms with van der Waals surface area (Å²) in [6.45, 7) is 8.62. The highest BCUT2D eigenvalue weighted by molar-refractivity contribution is 8.00. The second kappa shape index (κ2) is 11.3. The van der Waals surface area contributed by atoms with E-state index in [4.69, 9.17) is 4.43 Å². The Kier molecular flexibility index (Phi) is 9.48. The van der Waals surface area contributed by atoms with E-state index in [1.807, 2.05) is 18.2 Å². The summed E-state index contributed by atoms with van der Waals surface area (Å²) in [6, 6.07) is 10.3. The highest BCUT2D eigenvalue weighted by atomic mass is 32.2. The number of unbranched alkanes of at least 4 members (excludes halogenated alkanes) is 3. The van der Waals surface area contributed by atoms with Crippen molar-refractivity contribution in [1.82, 2.24) is 0 Å². The SMILES string of the molecule is CCCCCC=CC(Sc1ccccc1)C1C(O[Si](C)(C)C)CC(=O)C1CO. The minimum atomic E-state index is -1.79. The second-order valence-electron chi connectivity index (χ2n) is 8.62. The maximum Gasteiger partial charge on any atom is 0.184 e. The van der Waals surface area contributed by atoms with Gasteiger partial charge < -0.3 is 9.53 Å². The summed E-state index contributed by atoms with van der Waals surface area (Å²) >= 11 is 1.79. The smallest absolute Gasteiger partial charge is 0.184 e. The third-order valence-electron chi connectivity index (χ3n) is 5.11. The average molecular weight is 421 g/mol. The predicted octanol–water partition coefficient (Wildman–Crippen LogP) is 5.70. The van der Waals surface area contributed by atoms with Crippen LogP contribution in [-0.4, -0.2) is 37.2 Å². The van der Waals surface area contributed by atoms with Crippen LogP contribution in [-0.2, 0) is 9.22 Å². The van der Waals surface area contributed by atoms with E-state index in [0.717, 1.165) is 6.42 Å². The van der Waals surface area contributed by atoms with Crippen LogP contribution < -0.4 is 0 Å². The molecule has 0 bridgehead atoms. The number of aliphatic hydroxyl groups excluding tert-OH is 1. The van der Waals surface area contributed by atoms with Gasteiger partial charge in [0.2, 0.25) is 0 Å². The van der Waals surface area contributed by atoms with E-state index in [9.17, 15) is 9.90 Å². The molecule has 1 aromatic rings. The summed E-state index contributed by atoms with van der Waals surface area (Å²) in [5, 5.41) is 10.1. The standard InChI is InChI=1S/C23H36O3SSi/c1-5-6-7-8-12-15-22(27-18-13-10-9-11-14-18)23-19(17-24)20(25)16-21(23)26-28(2,3)4/h9-15,19,21-24H,5-8,16-17H2,1-4H3. The Bertz CT molecular complexity index is 626. The van der Waals surface area contributed by atoms with Crippen molar-refractivity contribution in [2.24, 2.45) is 11.8 Å². The third-order valence-corrected chi connectivity index (χ3v) is 7.40. The molecule has 4 unspecified atom stereocenters. The van der Waals surface area contributed by atoms with E-state index in [0.29, 0.717) is 6.42 Å². The largest absolute Gasteiger partial charge is 0.414 e. The number of Topliss-reactive ketones (excluding diaryl/α,β-unsaturated/α-hetero) is 1. The molecule has 5 heteroatoms. The molecule has 0 aliphatic heterocycles. The number of hydrogen-bond donors (Lipinski definition) is 1. The Hall–Kier alpha value is -0.883. The number of aliphatic hydroxyl groups is 1. The number of ketones is 1. The fourth-order valence-electron chi connectivity index (χ4n) is 3.84. The Labute approximate surface area is 176 Å². The first-order valence-corrected chi connectivity index (χ1v) is 14.8. The van der Waals surface area contributed by atoms with Gasteiger partial charge in [-0.05, 0) is 44.6 Å². The molecule has 0 heterocycles. The van der Waals surface area contributed by atoms with Crippen molar-refractivity contribution in [1.29, 1.82) is 0 Å². The van der Waals surface area contributed by atoms with Crippen molar-refractivity contribution in [3.63, 3.8) is 0 Å². The van der Waals surface area contributed by atoms with Crippen molar-refractivity contribution in [2.75, 3.05) is 6.61 Å². The first kappa shape index (κ1) is 23.4. The molecule has 0 amide bonds. The van der Waals surface area contributed by atoms with E-state index in [2.05, 4.69) is 50.8 Å². The van der Waals surface area contributed by atoms with Gasteiger partial charge in [-0.3, -0.25) is 4.79 Å². The fourth-order valence-corrected chi connectivity index (χ4v) is 6.33. The predicted molar refractivity (Wildman–Crippen MR) is 121 cm³/mol. The van der Waals surface area contributed by atoms with Crippen LogP contribution in [0.2, 0.25) is 19.6 Å². The number of carbonyl (C=O) groups excluding carboxylic acids is 1. The zero-order chi connectivity index (χ0) is 20.6. The monoisotopic (exact) mass is 420 g/mol. The van der Waals surface area contributed by atoms with E-state index in [1.54, 1.807) is 11.8 Å². The van der Waals surface area contributed by atoms with Crippen LogP contribution in [0.5, 0.6) is 0 Å². The van der Waals surface area contributed by atoms with E-state index in [1.165, 1.54) is 24.2 Å². The first-order chi connectivity index (χ1) is 13.4. The van der Waals surface area contributed by atoms with Crippen molar-refractivity contribution in [3.05, 3.63) is 42.5 Å². The molecule has 2 rings (SSSR count). The summed E-state index contributed by atoms with van der Waals surface area (Å²) in [4.78, 5) is 13.8. The van der Waals surface area contributed by atoms with Crippen molar-refractivity contribution in [2.45, 2.75) is 74.9 Å². The molecular formula is C23H36O3SSi. The summed E-state index contributed by atoms with van der Waals surface area (Å²) in [6.07, 6.45) is 9.56. The number of thioether (sulfide) groups is 1. The van der Waals surface area contributed by atoms with Gasteiger partial charge in [-0.15, -0.1) is 11.8 Å². The highest BCUT2D eigenvalue weighted by Gasteiger charge is 2.47. The van der Waals surface area contributed by atoms with Gasteiger partial charge >= 0.3 is 0 Å². The lowest BCUT2D eigenvalue weighted by atomic mass is 9.91. The third kappa shape index (κ3) is 7.18. The molecule has 1 aliphatic carbocycles. The number of allylic oxidation sites excluding steroid dienone is 1. The number of rotatable bonds is 11. The quantitative estimate of drug-likeness (QED) is 0.216. The van der Waals surface area contributed by atoms with Crippen molar-refractivity contribution >= 4 is 25.9 Å². The molecule has 0 aromatic heterocycles. The normalized spacial score (nSPS) is 24.2. The fraction of sp³-hybridized carbons (Fsp3) is 0.609. The molecular weight excluding hydrogens is 384 g/mol. The number of hydrogen-bond acceptors (Lipinski definition) is 4. The van der Waals surface area contributed by atoms with Gasteiger partial charge in [-0.25, -0.2) is 0 Å². The van der Waals surface area contributed by atoms with Crippen LogP contribution in [0, 0.1) is 11.8 Å². The minimum Gasteiger partial charge on any atom is -0.414 e. The maximum atomic E-state index is 12.6. The summed E-state index contributed by atoms with van der Waals surface area (Å²) in [7, 11) is -1.79. The lowest BCUT2D eigenvalue weighted by Crippen LogP contribution is -2.39. The van der Waals surface area contributed by atoms with Crippen LogP contribution in [0.15, 0.2) is 47.4 Å². The molecule has 3 nitrogen and oxygen atoms in total. The van der Waals surface area contributed by atoms with Crippen LogP contribution >= 0.6 is 11.8 Å². The summed E-state index contributed by atoms with van der Waals surface area (Å²) < 4.78 is 6.44. The Balaban J connectivity index is 2.26. The van der Waals surface area contributed by atoms with E-state index in [-0.39, 0.29) is 35.6 Å². The molecule has 1 aromatic carbocycles. The minimum absolute atomic E-state index is 0.0110. The second-order valence-corrected chi connectivity index (χ2v) is 14.3. The van der Waals surface area contributed by atoms with Gasteiger partial charge in [0.05, 0.1) is 12.7 Å². The van der Waals surface area contributed by atoms with Crippen LogP contribution in [0.1, 0.15) is 39.0 Å². The lowest BCUT2D eigenvalue weighted by molar-refractivity contribution is -0.122. The maximum absolute atomic E-state index is 12.6. The molecule has 4 atom stereocenters. The number of benzene rings is 1. The molecule has 1 N–H and O–H groups in total. The van der Waals surface area contributed by atoms with Gasteiger partial charge in [-0.2, -0.15) is 0 Å². The molecule has 1 fully saturated rings. The molecule has 156 valence electrons. The first-order valence-electron chi connectivity index (χ1n) is 10.6. The topological polar surface area (TPSA) is 46.5 Å². The van der Waals surface area contributed by atoms with E-state index < -0.39 is 8.32 Å². The van der Waals surface area contributed by atoms with Gasteiger partial charge in [0.1, 0.15) is 5.78 Å². The van der Waals surface area contributed by atoms with Gasteiger partial charge in [0.25, 0.3) is 0 Å². The summed E-state index contributed by atoms with van der Waals surface area (Å²) in [5.41, 5.74) is 0. The van der Waals surface area contributed by atoms with Gasteiger partial charge in [0.15, 0.2) is 8.32 Å². The number of carbonyl (C=O) groups is 1. The molecule has 28 heavy (non-hydrogen) atoms. The molecule has 1 saturated carbocycles. The average Bonchev–Trinajstić information content (AvgIpc) is 2.94.